The monoisotopic (exact) mass is 246 g/mol. The van der Waals surface area contributed by atoms with Gasteiger partial charge < -0.3 is 10.1 Å². The van der Waals surface area contributed by atoms with Gasteiger partial charge in [-0.2, -0.15) is 5.26 Å². The highest BCUT2D eigenvalue weighted by atomic mass is 16.5. The second kappa shape index (κ2) is 6.65. The summed E-state index contributed by atoms with van der Waals surface area (Å²) in [5, 5.41) is 11.5. The molecule has 96 valence electrons. The van der Waals surface area contributed by atoms with Crippen LogP contribution in [0.2, 0.25) is 0 Å². The summed E-state index contributed by atoms with van der Waals surface area (Å²) in [6, 6.07) is 8.53. The first kappa shape index (κ1) is 14.0. The molecule has 1 aromatic carbocycles. The zero-order chi connectivity index (χ0) is 13.5. The molecule has 0 radical (unpaired) electrons. The number of benzene rings is 1. The zero-order valence-electron chi connectivity index (χ0n) is 10.9. The zero-order valence-corrected chi connectivity index (χ0v) is 10.9. The van der Waals surface area contributed by atoms with Crippen molar-refractivity contribution in [3.05, 3.63) is 29.8 Å². The van der Waals surface area contributed by atoms with E-state index >= 15 is 0 Å². The molecule has 0 saturated carbocycles. The molecule has 0 aromatic heterocycles. The van der Waals surface area contributed by atoms with Gasteiger partial charge in [-0.1, -0.05) is 13.0 Å². The van der Waals surface area contributed by atoms with Gasteiger partial charge in [-0.15, -0.1) is 0 Å². The number of carbonyl (C=O) groups is 1. The predicted molar refractivity (Wildman–Crippen MR) is 69.4 cm³/mol. The summed E-state index contributed by atoms with van der Waals surface area (Å²) in [5.74, 6) is 0.403. The molecule has 0 saturated heterocycles. The third kappa shape index (κ3) is 4.10. The normalized spacial score (nSPS) is 11.7. The van der Waals surface area contributed by atoms with Gasteiger partial charge in [-0.3, -0.25) is 4.79 Å². The fourth-order valence-corrected chi connectivity index (χ4v) is 1.45. The van der Waals surface area contributed by atoms with E-state index in [2.05, 4.69) is 5.32 Å². The molecule has 0 aliphatic rings. The van der Waals surface area contributed by atoms with Crippen molar-refractivity contribution >= 4 is 5.91 Å². The molecule has 1 amide bonds. The maximum absolute atomic E-state index is 11.9. The largest absolute Gasteiger partial charge is 0.491 e. The molecular formula is C14H18N2O2. The summed E-state index contributed by atoms with van der Waals surface area (Å²) in [6.07, 6.45) is 0.649. The summed E-state index contributed by atoms with van der Waals surface area (Å²) in [5.41, 5.74) is 0.502. The molecule has 1 unspecified atom stereocenters. The number of nitrogens with one attached hydrogen (secondary N) is 1. The first-order valence-electron chi connectivity index (χ1n) is 6.04. The minimum atomic E-state index is -0.452. The van der Waals surface area contributed by atoms with Crippen LogP contribution in [0.4, 0.5) is 0 Å². The van der Waals surface area contributed by atoms with Gasteiger partial charge in [0.1, 0.15) is 11.8 Å². The topological polar surface area (TPSA) is 62.1 Å². The number of amides is 1. The molecule has 0 aliphatic heterocycles. The van der Waals surface area contributed by atoms with Crippen LogP contribution in [0.3, 0.4) is 0 Å². The maximum Gasteiger partial charge on any atom is 0.252 e. The Morgan fingerprint density at radius 2 is 2.22 bits per heavy atom. The predicted octanol–water partition coefficient (Wildman–Crippen LogP) is 2.51. The maximum atomic E-state index is 11.9. The van der Waals surface area contributed by atoms with E-state index in [9.17, 15) is 4.79 Å². The number of ether oxygens (including phenoxy) is 1. The lowest BCUT2D eigenvalue weighted by Gasteiger charge is -2.12. The van der Waals surface area contributed by atoms with Crippen molar-refractivity contribution in [3.8, 4) is 11.8 Å². The second-order valence-electron chi connectivity index (χ2n) is 4.26. The molecule has 0 aliphatic carbocycles. The first-order valence-corrected chi connectivity index (χ1v) is 6.04. The Labute approximate surface area is 108 Å². The van der Waals surface area contributed by atoms with Crippen molar-refractivity contribution in [2.45, 2.75) is 39.3 Å². The fourth-order valence-electron chi connectivity index (χ4n) is 1.45. The highest BCUT2D eigenvalue weighted by molar-refractivity contribution is 5.94. The summed E-state index contributed by atoms with van der Waals surface area (Å²) in [4.78, 5) is 11.9. The Hall–Kier alpha value is -2.02. The minimum absolute atomic E-state index is 0.0609. The number of carbonyl (C=O) groups excluding carboxylic acids is 1. The molecule has 1 atom stereocenters. The molecule has 1 rings (SSSR count). The molecule has 0 heterocycles. The van der Waals surface area contributed by atoms with Crippen LogP contribution in [0.1, 0.15) is 37.6 Å². The molecule has 1 N–H and O–H groups in total. The van der Waals surface area contributed by atoms with Crippen LogP contribution < -0.4 is 10.1 Å². The highest BCUT2D eigenvalue weighted by Gasteiger charge is 2.12. The molecule has 0 fully saturated rings. The number of nitrogens with zero attached hydrogens (tertiary/aromatic N) is 1. The Morgan fingerprint density at radius 3 is 2.78 bits per heavy atom. The minimum Gasteiger partial charge on any atom is -0.491 e. The summed E-state index contributed by atoms with van der Waals surface area (Å²) < 4.78 is 5.52. The first-order chi connectivity index (χ1) is 8.56. The van der Waals surface area contributed by atoms with Crippen molar-refractivity contribution in [2.24, 2.45) is 0 Å². The molecular weight excluding hydrogens is 228 g/mol. The van der Waals surface area contributed by atoms with Gasteiger partial charge in [0, 0.05) is 5.56 Å². The highest BCUT2D eigenvalue weighted by Crippen LogP contribution is 2.15. The van der Waals surface area contributed by atoms with E-state index in [0.29, 0.717) is 17.7 Å². The number of hydrogen-bond acceptors (Lipinski definition) is 3. The Balaban J connectivity index is 2.77. The number of rotatable bonds is 5. The summed E-state index contributed by atoms with van der Waals surface area (Å²) >= 11 is 0. The van der Waals surface area contributed by atoms with Gasteiger partial charge in [-0.05, 0) is 38.5 Å². The lowest BCUT2D eigenvalue weighted by Crippen LogP contribution is -2.33. The third-order valence-corrected chi connectivity index (χ3v) is 2.34. The van der Waals surface area contributed by atoms with Crippen LogP contribution in [0, 0.1) is 11.3 Å². The van der Waals surface area contributed by atoms with Crippen molar-refractivity contribution < 1.29 is 9.53 Å². The van der Waals surface area contributed by atoms with Crippen LogP contribution in [0.5, 0.6) is 5.75 Å². The van der Waals surface area contributed by atoms with Crippen LogP contribution in [0.25, 0.3) is 0 Å². The average Bonchev–Trinajstić information content (AvgIpc) is 2.35. The van der Waals surface area contributed by atoms with Gasteiger partial charge in [0.2, 0.25) is 0 Å². The summed E-state index contributed by atoms with van der Waals surface area (Å²) in [7, 11) is 0. The van der Waals surface area contributed by atoms with E-state index in [0.717, 1.165) is 0 Å². The molecule has 4 nitrogen and oxygen atoms in total. The second-order valence-corrected chi connectivity index (χ2v) is 4.26. The molecule has 0 spiro atoms. The lowest BCUT2D eigenvalue weighted by atomic mass is 10.1. The molecule has 4 heteroatoms. The van der Waals surface area contributed by atoms with Crippen LogP contribution in [0.15, 0.2) is 24.3 Å². The van der Waals surface area contributed by atoms with E-state index < -0.39 is 6.04 Å². The molecule has 0 bridgehead atoms. The van der Waals surface area contributed by atoms with E-state index in [4.69, 9.17) is 10.00 Å². The van der Waals surface area contributed by atoms with Crippen LogP contribution >= 0.6 is 0 Å². The standard InChI is InChI=1S/C14H18N2O2/c1-4-12(9-15)16-14(17)11-6-5-7-13(8-11)18-10(2)3/h5-8,10,12H,4H2,1-3H3,(H,16,17). The lowest BCUT2D eigenvalue weighted by molar-refractivity contribution is 0.0944. The Bertz CT molecular complexity index is 449. The van der Waals surface area contributed by atoms with Gasteiger partial charge >= 0.3 is 0 Å². The van der Waals surface area contributed by atoms with Crippen molar-refractivity contribution in [3.63, 3.8) is 0 Å². The van der Waals surface area contributed by atoms with Crippen molar-refractivity contribution in [1.29, 1.82) is 5.26 Å². The number of nitriles is 1. The SMILES string of the molecule is CCC(C#N)NC(=O)c1cccc(OC(C)C)c1. The average molecular weight is 246 g/mol. The van der Waals surface area contributed by atoms with E-state index in [-0.39, 0.29) is 12.0 Å². The van der Waals surface area contributed by atoms with Gasteiger partial charge in [0.05, 0.1) is 12.2 Å². The quantitative estimate of drug-likeness (QED) is 0.868. The smallest absolute Gasteiger partial charge is 0.252 e. The van der Waals surface area contributed by atoms with Crippen LogP contribution in [-0.2, 0) is 0 Å². The van der Waals surface area contributed by atoms with Gasteiger partial charge in [0.25, 0.3) is 5.91 Å². The van der Waals surface area contributed by atoms with Crippen LogP contribution in [-0.4, -0.2) is 18.1 Å². The number of hydrogen-bond donors (Lipinski definition) is 1. The molecule has 18 heavy (non-hydrogen) atoms. The van der Waals surface area contributed by atoms with E-state index in [1.165, 1.54) is 0 Å². The van der Waals surface area contributed by atoms with E-state index in [1.807, 2.05) is 26.8 Å². The van der Waals surface area contributed by atoms with E-state index in [1.54, 1.807) is 24.3 Å². The Kier molecular flexibility index (Phi) is 5.19. The fraction of sp³-hybridized carbons (Fsp3) is 0.429. The molecule has 1 aromatic rings. The van der Waals surface area contributed by atoms with Gasteiger partial charge in [0.15, 0.2) is 0 Å². The summed E-state index contributed by atoms with van der Waals surface area (Å²) in [6.45, 7) is 5.71. The van der Waals surface area contributed by atoms with Crippen molar-refractivity contribution in [1.82, 2.24) is 5.32 Å². The Morgan fingerprint density at radius 1 is 1.50 bits per heavy atom. The third-order valence-electron chi connectivity index (χ3n) is 2.34. The van der Waals surface area contributed by atoms with Crippen molar-refractivity contribution in [2.75, 3.05) is 0 Å². The van der Waals surface area contributed by atoms with Gasteiger partial charge in [-0.25, -0.2) is 0 Å².